The van der Waals surface area contributed by atoms with Gasteiger partial charge in [0.1, 0.15) is 0 Å². The number of rotatable bonds is 8. The summed E-state index contributed by atoms with van der Waals surface area (Å²) in [7, 11) is -4.56. The lowest BCUT2D eigenvalue weighted by Crippen LogP contribution is -2.69. The number of ketones is 1. The average molecular weight is 567 g/mol. The molecule has 204 valence electrons. The van der Waals surface area contributed by atoms with Crippen LogP contribution in [-0.4, -0.2) is 21.9 Å². The normalized spacial score (nSPS) is 19.1. The Bertz CT molecular complexity index is 1470. The second kappa shape index (κ2) is 11.6. The Kier molecular flexibility index (Phi) is 7.74. The van der Waals surface area contributed by atoms with E-state index in [1.807, 2.05) is 30.3 Å². The molecule has 41 heavy (non-hydrogen) atoms. The molecular formula is C38H38OSi2. The summed E-state index contributed by atoms with van der Waals surface area (Å²) in [4.78, 5) is 14.5. The molecule has 0 unspecified atom stereocenters. The number of hydrogen-bond acceptors (Lipinski definition) is 1. The molecule has 3 atom stereocenters. The van der Waals surface area contributed by atoms with Gasteiger partial charge in [-0.25, -0.2) is 0 Å². The summed E-state index contributed by atoms with van der Waals surface area (Å²) in [5.41, 5.74) is 1.60. The van der Waals surface area contributed by atoms with Crippen LogP contribution in [0.25, 0.3) is 0 Å². The number of hydrogen-bond donors (Lipinski definition) is 0. The van der Waals surface area contributed by atoms with E-state index < -0.39 is 16.1 Å². The van der Waals surface area contributed by atoms with Crippen LogP contribution in [0.3, 0.4) is 0 Å². The maximum absolute atomic E-state index is 14.5. The number of Topliss-reactive ketones (excluding diaryl/α,β-unsaturated/α-hetero) is 1. The third kappa shape index (κ3) is 4.98. The maximum Gasteiger partial charge on any atom is 0.165 e. The van der Waals surface area contributed by atoms with Gasteiger partial charge in [-0.3, -0.25) is 4.79 Å². The summed E-state index contributed by atoms with van der Waals surface area (Å²) in [6, 6.07) is 54.8. The molecule has 5 aromatic carbocycles. The highest BCUT2D eigenvalue weighted by molar-refractivity contribution is 7.12. The SMILES string of the molecule is C[Si](C)(c1ccccc1)[C@H]1C[C@@H]([Si](c2ccccc2)(c2ccccc2)c2ccccc2)C[C@@H]1C(=O)c1ccccc1. The molecule has 5 aromatic rings. The van der Waals surface area contributed by atoms with Crippen molar-refractivity contribution >= 4 is 42.7 Å². The first-order chi connectivity index (χ1) is 20.0. The van der Waals surface area contributed by atoms with Crippen molar-refractivity contribution in [3.63, 3.8) is 0 Å². The Balaban J connectivity index is 1.56. The van der Waals surface area contributed by atoms with E-state index in [2.05, 4.69) is 134 Å². The fourth-order valence-electron chi connectivity index (χ4n) is 7.69. The zero-order chi connectivity index (χ0) is 28.3. The highest BCUT2D eigenvalue weighted by Crippen LogP contribution is 2.53. The Hall–Kier alpha value is -3.80. The van der Waals surface area contributed by atoms with Crippen LogP contribution in [0, 0.1) is 5.92 Å². The van der Waals surface area contributed by atoms with Crippen molar-refractivity contribution in [1.29, 1.82) is 0 Å². The summed E-state index contributed by atoms with van der Waals surface area (Å²) in [5.74, 6) is 0.332. The minimum Gasteiger partial charge on any atom is -0.294 e. The summed E-state index contributed by atoms with van der Waals surface area (Å²) in [6.07, 6.45) is 1.99. The van der Waals surface area contributed by atoms with Crippen molar-refractivity contribution in [2.75, 3.05) is 0 Å². The Morgan fingerprint density at radius 2 is 0.878 bits per heavy atom. The molecule has 0 heterocycles. The molecule has 1 fully saturated rings. The zero-order valence-corrected chi connectivity index (χ0v) is 26.0. The smallest absolute Gasteiger partial charge is 0.165 e. The van der Waals surface area contributed by atoms with Crippen LogP contribution in [0.15, 0.2) is 152 Å². The van der Waals surface area contributed by atoms with E-state index >= 15 is 0 Å². The van der Waals surface area contributed by atoms with Crippen molar-refractivity contribution in [2.45, 2.75) is 37.0 Å². The first kappa shape index (κ1) is 27.4. The summed E-state index contributed by atoms with van der Waals surface area (Å²) >= 11 is 0. The minimum absolute atomic E-state index is 0.00674. The molecular weight excluding hydrogens is 529 g/mol. The molecule has 6 rings (SSSR count). The molecule has 3 heteroatoms. The number of benzene rings is 5. The van der Waals surface area contributed by atoms with Crippen LogP contribution in [-0.2, 0) is 0 Å². The molecule has 0 N–H and O–H groups in total. The van der Waals surface area contributed by atoms with Crippen LogP contribution in [0.5, 0.6) is 0 Å². The van der Waals surface area contributed by atoms with Crippen molar-refractivity contribution in [3.8, 4) is 0 Å². The number of carbonyl (C=O) groups is 1. The Morgan fingerprint density at radius 3 is 1.29 bits per heavy atom. The van der Waals surface area contributed by atoms with E-state index in [9.17, 15) is 4.79 Å². The minimum atomic E-state index is -2.53. The van der Waals surface area contributed by atoms with E-state index in [1.165, 1.54) is 20.7 Å². The molecule has 0 spiro atoms. The fraction of sp³-hybridized carbons (Fsp3) is 0.184. The van der Waals surface area contributed by atoms with Crippen molar-refractivity contribution in [1.82, 2.24) is 0 Å². The molecule has 1 nitrogen and oxygen atoms in total. The standard InChI is InChI=1S/C38H38OSi2/c1-40(2,31-20-10-4-11-21-31)37-29-35(28-36(37)38(39)30-18-8-3-9-19-30)41(32-22-12-5-13-23-32,33-24-14-6-15-25-33)34-26-16-7-17-27-34/h3-27,35-37H,28-29H2,1-2H3/t35-,36-,37-/m0/s1. The predicted octanol–water partition coefficient (Wildman–Crippen LogP) is 6.81. The third-order valence-electron chi connectivity index (χ3n) is 9.70. The highest BCUT2D eigenvalue weighted by Gasteiger charge is 2.56. The van der Waals surface area contributed by atoms with Crippen molar-refractivity contribution in [3.05, 3.63) is 157 Å². The van der Waals surface area contributed by atoms with Crippen molar-refractivity contribution < 1.29 is 4.79 Å². The van der Waals surface area contributed by atoms with Gasteiger partial charge in [0.25, 0.3) is 0 Å². The van der Waals surface area contributed by atoms with Gasteiger partial charge < -0.3 is 0 Å². The molecule has 0 radical (unpaired) electrons. The lowest BCUT2D eigenvalue weighted by atomic mass is 9.96. The van der Waals surface area contributed by atoms with Crippen LogP contribution < -0.4 is 20.7 Å². The van der Waals surface area contributed by atoms with E-state index in [0.29, 0.717) is 16.9 Å². The predicted molar refractivity (Wildman–Crippen MR) is 179 cm³/mol. The second-order valence-electron chi connectivity index (χ2n) is 12.1. The molecule has 1 aliphatic carbocycles. The van der Waals surface area contributed by atoms with Gasteiger partial charge in [0.15, 0.2) is 13.9 Å². The van der Waals surface area contributed by atoms with Gasteiger partial charge >= 0.3 is 0 Å². The zero-order valence-electron chi connectivity index (χ0n) is 24.0. The maximum atomic E-state index is 14.5. The van der Waals surface area contributed by atoms with Gasteiger partial charge in [-0.15, -0.1) is 0 Å². The molecule has 0 bridgehead atoms. The summed E-state index contributed by atoms with van der Waals surface area (Å²) < 4.78 is 0. The van der Waals surface area contributed by atoms with Crippen LogP contribution in [0.4, 0.5) is 0 Å². The lowest BCUT2D eigenvalue weighted by molar-refractivity contribution is 0.0922. The molecule has 0 saturated heterocycles. The molecule has 0 aliphatic heterocycles. The van der Waals surface area contributed by atoms with Gasteiger partial charge in [0, 0.05) is 11.5 Å². The fourth-order valence-corrected chi connectivity index (χ4v) is 17.4. The van der Waals surface area contributed by atoms with Crippen LogP contribution in [0.2, 0.25) is 24.2 Å². The van der Waals surface area contributed by atoms with Gasteiger partial charge in [-0.1, -0.05) is 176 Å². The summed E-state index contributed by atoms with van der Waals surface area (Å²) in [5, 5.41) is 5.76. The third-order valence-corrected chi connectivity index (χ3v) is 19.4. The topological polar surface area (TPSA) is 17.1 Å². The molecule has 1 saturated carbocycles. The molecule has 1 aliphatic rings. The quantitative estimate of drug-likeness (QED) is 0.115. The van der Waals surface area contributed by atoms with E-state index in [1.54, 1.807) is 0 Å². The second-order valence-corrected chi connectivity index (χ2v) is 21.0. The number of carbonyl (C=O) groups excluding carboxylic acids is 1. The van der Waals surface area contributed by atoms with Crippen LogP contribution >= 0.6 is 0 Å². The monoisotopic (exact) mass is 566 g/mol. The van der Waals surface area contributed by atoms with Crippen LogP contribution in [0.1, 0.15) is 23.2 Å². The van der Waals surface area contributed by atoms with E-state index in [4.69, 9.17) is 0 Å². The lowest BCUT2D eigenvalue weighted by Gasteiger charge is -2.40. The average Bonchev–Trinajstić information content (AvgIpc) is 3.50. The van der Waals surface area contributed by atoms with E-state index in [0.717, 1.165) is 18.4 Å². The van der Waals surface area contributed by atoms with Gasteiger partial charge in [0.05, 0.1) is 8.07 Å². The first-order valence-electron chi connectivity index (χ1n) is 14.8. The van der Waals surface area contributed by atoms with Gasteiger partial charge in [0.2, 0.25) is 0 Å². The molecule has 0 amide bonds. The Morgan fingerprint density at radius 1 is 0.512 bits per heavy atom. The summed E-state index contributed by atoms with van der Waals surface area (Å²) in [6.45, 7) is 4.99. The van der Waals surface area contributed by atoms with Gasteiger partial charge in [-0.05, 0) is 33.1 Å². The molecule has 0 aromatic heterocycles. The Labute approximate surface area is 246 Å². The largest absolute Gasteiger partial charge is 0.294 e. The van der Waals surface area contributed by atoms with E-state index in [-0.39, 0.29) is 5.92 Å². The highest BCUT2D eigenvalue weighted by atomic mass is 28.3. The van der Waals surface area contributed by atoms with Gasteiger partial charge in [-0.2, -0.15) is 0 Å². The first-order valence-corrected chi connectivity index (χ1v) is 20.0. The van der Waals surface area contributed by atoms with Crippen molar-refractivity contribution in [2.24, 2.45) is 5.92 Å².